The van der Waals surface area contributed by atoms with Gasteiger partial charge in [-0.25, -0.2) is 4.98 Å². The molecule has 0 aliphatic heterocycles. The average molecular weight is 240 g/mol. The zero-order chi connectivity index (χ0) is 13.1. The SMILES string of the molecule is CCCc1nc(-c2ccccc2C#N)c(N)n1C. The minimum Gasteiger partial charge on any atom is -0.383 e. The molecule has 2 N–H and O–H groups in total. The van der Waals surface area contributed by atoms with Crippen LogP contribution in [0.25, 0.3) is 11.3 Å². The van der Waals surface area contributed by atoms with E-state index in [1.54, 1.807) is 6.07 Å². The van der Waals surface area contributed by atoms with Gasteiger partial charge in [0.1, 0.15) is 17.3 Å². The van der Waals surface area contributed by atoms with Crippen LogP contribution in [-0.2, 0) is 13.5 Å². The summed E-state index contributed by atoms with van der Waals surface area (Å²) in [5, 5.41) is 9.12. The summed E-state index contributed by atoms with van der Waals surface area (Å²) in [7, 11) is 1.91. The Morgan fingerprint density at radius 2 is 2.11 bits per heavy atom. The number of nitrogens with zero attached hydrogens (tertiary/aromatic N) is 3. The highest BCUT2D eigenvalue weighted by Crippen LogP contribution is 2.28. The van der Waals surface area contributed by atoms with Crippen LogP contribution in [0.15, 0.2) is 24.3 Å². The fourth-order valence-electron chi connectivity index (χ4n) is 1.99. The quantitative estimate of drug-likeness (QED) is 0.896. The molecule has 4 heteroatoms. The van der Waals surface area contributed by atoms with E-state index < -0.39 is 0 Å². The second kappa shape index (κ2) is 4.92. The van der Waals surface area contributed by atoms with Crippen molar-refractivity contribution < 1.29 is 0 Å². The number of benzene rings is 1. The highest BCUT2D eigenvalue weighted by molar-refractivity contribution is 5.75. The molecule has 1 heterocycles. The van der Waals surface area contributed by atoms with Gasteiger partial charge in [-0.1, -0.05) is 25.1 Å². The standard InChI is InChI=1S/C14H16N4/c1-3-6-12-17-13(14(16)18(12)2)11-8-5-4-7-10(11)9-15/h4-5,7-8H,3,6,16H2,1-2H3. The van der Waals surface area contributed by atoms with Crippen molar-refractivity contribution in [3.05, 3.63) is 35.7 Å². The monoisotopic (exact) mass is 240 g/mol. The van der Waals surface area contributed by atoms with E-state index in [0.29, 0.717) is 17.1 Å². The van der Waals surface area contributed by atoms with Crippen LogP contribution in [0, 0.1) is 11.3 Å². The lowest BCUT2D eigenvalue weighted by molar-refractivity contribution is 0.764. The van der Waals surface area contributed by atoms with Gasteiger partial charge in [0.05, 0.1) is 11.6 Å². The molecule has 1 aromatic carbocycles. The summed E-state index contributed by atoms with van der Waals surface area (Å²) in [5.41, 5.74) is 8.19. The van der Waals surface area contributed by atoms with Gasteiger partial charge in [0.2, 0.25) is 0 Å². The van der Waals surface area contributed by atoms with E-state index in [1.807, 2.05) is 29.8 Å². The van der Waals surface area contributed by atoms with E-state index >= 15 is 0 Å². The average Bonchev–Trinajstić information content (AvgIpc) is 2.67. The molecule has 1 aromatic heterocycles. The molecular weight excluding hydrogens is 224 g/mol. The molecule has 0 saturated heterocycles. The third kappa shape index (κ3) is 1.95. The summed E-state index contributed by atoms with van der Waals surface area (Å²) in [6, 6.07) is 9.57. The van der Waals surface area contributed by atoms with Crippen molar-refractivity contribution in [3.8, 4) is 17.3 Å². The van der Waals surface area contributed by atoms with Gasteiger partial charge in [-0.3, -0.25) is 0 Å². The summed E-state index contributed by atoms with van der Waals surface area (Å²) in [5.74, 6) is 1.57. The zero-order valence-corrected chi connectivity index (χ0v) is 10.6. The molecule has 2 rings (SSSR count). The number of aryl methyl sites for hydroxylation is 1. The zero-order valence-electron chi connectivity index (χ0n) is 10.6. The molecule has 2 aromatic rings. The predicted octanol–water partition coefficient (Wildman–Crippen LogP) is 2.49. The molecule has 0 radical (unpaired) electrons. The Kier molecular flexibility index (Phi) is 3.33. The highest BCUT2D eigenvalue weighted by Gasteiger charge is 2.15. The van der Waals surface area contributed by atoms with Crippen molar-refractivity contribution in [1.29, 1.82) is 5.26 Å². The summed E-state index contributed by atoms with van der Waals surface area (Å²) < 4.78 is 1.90. The second-order valence-electron chi connectivity index (χ2n) is 4.23. The number of hydrogen-bond acceptors (Lipinski definition) is 3. The number of anilines is 1. The van der Waals surface area contributed by atoms with E-state index in [4.69, 9.17) is 11.0 Å². The Morgan fingerprint density at radius 1 is 1.39 bits per heavy atom. The maximum atomic E-state index is 9.12. The molecule has 18 heavy (non-hydrogen) atoms. The second-order valence-corrected chi connectivity index (χ2v) is 4.23. The van der Waals surface area contributed by atoms with Crippen molar-refractivity contribution >= 4 is 5.82 Å². The molecule has 0 atom stereocenters. The van der Waals surface area contributed by atoms with Crippen LogP contribution >= 0.6 is 0 Å². The molecule has 0 saturated carbocycles. The lowest BCUT2D eigenvalue weighted by Crippen LogP contribution is -2.01. The number of hydrogen-bond donors (Lipinski definition) is 1. The lowest BCUT2D eigenvalue weighted by atomic mass is 10.1. The summed E-state index contributed by atoms with van der Waals surface area (Å²) >= 11 is 0. The van der Waals surface area contributed by atoms with Crippen molar-refractivity contribution in [3.63, 3.8) is 0 Å². The van der Waals surface area contributed by atoms with Gasteiger partial charge in [-0.05, 0) is 12.5 Å². The topological polar surface area (TPSA) is 67.6 Å². The van der Waals surface area contributed by atoms with E-state index in [-0.39, 0.29) is 0 Å². The lowest BCUT2D eigenvalue weighted by Gasteiger charge is -2.02. The normalized spacial score (nSPS) is 10.3. The number of nitriles is 1. The summed E-state index contributed by atoms with van der Waals surface area (Å²) in [4.78, 5) is 4.56. The number of nitrogens with two attached hydrogens (primary N) is 1. The van der Waals surface area contributed by atoms with Gasteiger partial charge in [0.15, 0.2) is 0 Å². The molecule has 0 aliphatic rings. The molecule has 0 fully saturated rings. The summed E-state index contributed by atoms with van der Waals surface area (Å²) in [6.07, 6.45) is 1.90. The fourth-order valence-corrected chi connectivity index (χ4v) is 1.99. The van der Waals surface area contributed by atoms with Crippen molar-refractivity contribution in [2.75, 3.05) is 5.73 Å². The molecule has 92 valence electrons. The van der Waals surface area contributed by atoms with E-state index in [2.05, 4.69) is 18.0 Å². The van der Waals surface area contributed by atoms with E-state index in [0.717, 1.165) is 24.2 Å². The molecule has 0 unspecified atom stereocenters. The first kappa shape index (κ1) is 12.2. The van der Waals surface area contributed by atoms with Crippen molar-refractivity contribution in [2.45, 2.75) is 19.8 Å². The van der Waals surface area contributed by atoms with Crippen LogP contribution in [-0.4, -0.2) is 9.55 Å². The Hall–Kier alpha value is -2.28. The molecule has 0 amide bonds. The van der Waals surface area contributed by atoms with Crippen LogP contribution in [0.4, 0.5) is 5.82 Å². The Bertz CT molecular complexity index is 605. The minimum atomic E-state index is 0.602. The molecule has 4 nitrogen and oxygen atoms in total. The van der Waals surface area contributed by atoms with Gasteiger partial charge >= 0.3 is 0 Å². The number of rotatable bonds is 3. The minimum absolute atomic E-state index is 0.602. The van der Waals surface area contributed by atoms with Gasteiger partial charge in [-0.2, -0.15) is 5.26 Å². The first-order valence-electron chi connectivity index (χ1n) is 5.99. The Labute approximate surface area is 107 Å². The third-order valence-corrected chi connectivity index (χ3v) is 3.01. The maximum absolute atomic E-state index is 9.12. The van der Waals surface area contributed by atoms with Gasteiger partial charge in [0, 0.05) is 19.0 Å². The van der Waals surface area contributed by atoms with Gasteiger partial charge in [0.25, 0.3) is 0 Å². The van der Waals surface area contributed by atoms with Crippen LogP contribution in [0.3, 0.4) is 0 Å². The number of nitrogen functional groups attached to an aromatic ring is 1. The van der Waals surface area contributed by atoms with Crippen LogP contribution in [0.5, 0.6) is 0 Å². The largest absolute Gasteiger partial charge is 0.383 e. The van der Waals surface area contributed by atoms with Crippen LogP contribution in [0.1, 0.15) is 24.7 Å². The Balaban J connectivity index is 2.58. The van der Waals surface area contributed by atoms with Crippen LogP contribution in [0.2, 0.25) is 0 Å². The van der Waals surface area contributed by atoms with Gasteiger partial charge in [-0.15, -0.1) is 0 Å². The highest BCUT2D eigenvalue weighted by atomic mass is 15.1. The van der Waals surface area contributed by atoms with Crippen molar-refractivity contribution in [1.82, 2.24) is 9.55 Å². The van der Waals surface area contributed by atoms with Gasteiger partial charge < -0.3 is 10.3 Å². The molecule has 0 bridgehead atoms. The third-order valence-electron chi connectivity index (χ3n) is 3.01. The van der Waals surface area contributed by atoms with Crippen molar-refractivity contribution in [2.24, 2.45) is 7.05 Å². The molecular formula is C14H16N4. The smallest absolute Gasteiger partial charge is 0.131 e. The predicted molar refractivity (Wildman–Crippen MR) is 71.8 cm³/mol. The fraction of sp³-hybridized carbons (Fsp3) is 0.286. The molecule has 0 aliphatic carbocycles. The number of imidazole rings is 1. The van der Waals surface area contributed by atoms with E-state index in [9.17, 15) is 0 Å². The first-order valence-corrected chi connectivity index (χ1v) is 5.99. The first-order chi connectivity index (χ1) is 8.69. The molecule has 0 spiro atoms. The summed E-state index contributed by atoms with van der Waals surface area (Å²) in [6.45, 7) is 2.10. The van der Waals surface area contributed by atoms with E-state index in [1.165, 1.54) is 0 Å². The Morgan fingerprint density at radius 3 is 2.78 bits per heavy atom. The number of aromatic nitrogens is 2. The van der Waals surface area contributed by atoms with Crippen LogP contribution < -0.4 is 5.73 Å². The maximum Gasteiger partial charge on any atom is 0.131 e.